The molecule has 0 aromatic heterocycles. The molecule has 1 aliphatic heterocycles. The number of benzene rings is 10. The third kappa shape index (κ3) is 5.88. The van der Waals surface area contributed by atoms with Gasteiger partial charge in [-0.05, 0) is 128 Å². The van der Waals surface area contributed by atoms with Gasteiger partial charge in [-0.15, -0.1) is 0 Å². The fourth-order valence-electron chi connectivity index (χ4n) is 12.4. The van der Waals surface area contributed by atoms with Crippen LogP contribution in [0.25, 0.3) is 60.1 Å². The fourth-order valence-corrected chi connectivity index (χ4v) is 12.4. The molecule has 1 nitrogen and oxygen atoms in total. The Bertz CT molecular complexity index is 3650. The minimum atomic E-state index is -0.735. The minimum absolute atomic E-state index is 0.00908. The van der Waals surface area contributed by atoms with E-state index in [-0.39, 0.29) is 22.9 Å². The Morgan fingerprint density at radius 2 is 0.926 bits per heavy atom. The van der Waals surface area contributed by atoms with Crippen LogP contribution in [0.1, 0.15) is 103 Å². The quantitative estimate of drug-likeness (QED) is 0.171. The van der Waals surface area contributed by atoms with Gasteiger partial charge >= 0.3 is 0 Å². The summed E-state index contributed by atoms with van der Waals surface area (Å²) >= 11 is 0. The lowest BCUT2D eigenvalue weighted by molar-refractivity contribution is 0.263. The zero-order valence-electron chi connectivity index (χ0n) is 39.7. The van der Waals surface area contributed by atoms with E-state index in [1.165, 1.54) is 116 Å². The van der Waals surface area contributed by atoms with Crippen LogP contribution in [0.5, 0.6) is 5.75 Å². The van der Waals surface area contributed by atoms with Gasteiger partial charge in [0, 0.05) is 11.1 Å². The Balaban J connectivity index is 1.15. The maximum absolute atomic E-state index is 7.77. The smallest absolute Gasteiger partial charge is 0.129 e. The summed E-state index contributed by atoms with van der Waals surface area (Å²) in [6.45, 7) is 13.9. The first-order chi connectivity index (χ1) is 33.0. The molecule has 10 aromatic rings. The molecule has 2 atom stereocenters. The van der Waals surface area contributed by atoms with Gasteiger partial charge in [0.15, 0.2) is 0 Å². The van der Waals surface area contributed by atoms with Gasteiger partial charge in [0.1, 0.15) is 11.9 Å². The van der Waals surface area contributed by atoms with E-state index in [4.69, 9.17) is 4.74 Å². The highest BCUT2D eigenvalue weighted by molar-refractivity contribution is 6.13. The first-order valence-electron chi connectivity index (χ1n) is 24.4. The molecular formula is C67H54O. The van der Waals surface area contributed by atoms with E-state index in [0.29, 0.717) is 0 Å². The molecule has 0 bridgehead atoms. The second-order valence-corrected chi connectivity index (χ2v) is 21.5. The molecule has 13 rings (SSSR count). The predicted molar refractivity (Wildman–Crippen MR) is 285 cm³/mol. The van der Waals surface area contributed by atoms with E-state index < -0.39 is 5.41 Å². The third-order valence-corrected chi connectivity index (χ3v) is 15.6. The second-order valence-electron chi connectivity index (χ2n) is 21.5. The van der Waals surface area contributed by atoms with E-state index in [0.717, 1.165) is 5.75 Å². The lowest BCUT2D eigenvalue weighted by Gasteiger charge is -2.36. The Morgan fingerprint density at radius 1 is 0.412 bits per heavy atom. The van der Waals surface area contributed by atoms with Crippen molar-refractivity contribution < 1.29 is 4.74 Å². The highest BCUT2D eigenvalue weighted by Gasteiger charge is 2.53. The largest absolute Gasteiger partial charge is 0.485 e. The highest BCUT2D eigenvalue weighted by Crippen LogP contribution is 2.65. The molecule has 2 unspecified atom stereocenters. The number of ether oxygens (including phenoxy) is 1. The van der Waals surface area contributed by atoms with Gasteiger partial charge in [-0.25, -0.2) is 0 Å². The van der Waals surface area contributed by atoms with Gasteiger partial charge in [-0.3, -0.25) is 0 Å². The topological polar surface area (TPSA) is 9.23 Å². The number of hydrogen-bond acceptors (Lipinski definition) is 1. The standard InChI is InChI=1S/C67H54O/c1-65(2,3)43-29-33-45(34-30-43)67(46-35-31-44(32-36-46)66(4,5)6)59-39-57(49-27-15-19-41-17-7-9-21-47(41)49)51-23-11-13-25-53(51)61(59)55-37-38-56-62-54-26-14-12-24-52(54)58(40-60(62)68-64(56)63(55)67)50-28-16-20-42-18-8-10-22-48(42)50/h7-40,60,62H,1-6H3. The molecule has 2 aliphatic carbocycles. The zero-order valence-corrected chi connectivity index (χ0v) is 39.7. The third-order valence-electron chi connectivity index (χ3n) is 15.6. The van der Waals surface area contributed by atoms with E-state index in [9.17, 15) is 0 Å². The molecule has 3 aliphatic rings. The molecule has 0 spiro atoms. The highest BCUT2D eigenvalue weighted by atomic mass is 16.5. The van der Waals surface area contributed by atoms with Crippen LogP contribution < -0.4 is 4.74 Å². The Morgan fingerprint density at radius 3 is 1.56 bits per heavy atom. The molecular weight excluding hydrogens is 821 g/mol. The molecule has 1 heteroatoms. The van der Waals surface area contributed by atoms with E-state index in [2.05, 4.69) is 248 Å². The minimum Gasteiger partial charge on any atom is -0.485 e. The fraction of sp³-hybridized carbons (Fsp3) is 0.164. The van der Waals surface area contributed by atoms with Crippen molar-refractivity contribution >= 4 is 37.9 Å². The lowest BCUT2D eigenvalue weighted by atomic mass is 9.65. The number of rotatable bonds is 4. The average molecular weight is 875 g/mol. The van der Waals surface area contributed by atoms with Crippen LogP contribution in [0.4, 0.5) is 0 Å². The van der Waals surface area contributed by atoms with Crippen LogP contribution in [-0.4, -0.2) is 6.10 Å². The van der Waals surface area contributed by atoms with Crippen LogP contribution in [0.2, 0.25) is 0 Å². The molecule has 0 saturated heterocycles. The van der Waals surface area contributed by atoms with Gasteiger partial charge < -0.3 is 4.74 Å². The van der Waals surface area contributed by atoms with Gasteiger partial charge in [-0.2, -0.15) is 0 Å². The summed E-state index contributed by atoms with van der Waals surface area (Å²) in [5.74, 6) is 1.04. The molecule has 1 heterocycles. The van der Waals surface area contributed by atoms with E-state index in [1.54, 1.807) is 0 Å². The zero-order chi connectivity index (χ0) is 46.1. The summed E-state index contributed by atoms with van der Waals surface area (Å²) in [6, 6.07) is 75.9. The van der Waals surface area contributed by atoms with Crippen LogP contribution in [0.3, 0.4) is 0 Å². The van der Waals surface area contributed by atoms with Crippen LogP contribution in [0, 0.1) is 0 Å². The molecule has 68 heavy (non-hydrogen) atoms. The van der Waals surface area contributed by atoms with Crippen molar-refractivity contribution in [2.24, 2.45) is 0 Å². The number of fused-ring (bicyclic) bond motifs is 13. The molecule has 0 radical (unpaired) electrons. The Kier molecular flexibility index (Phi) is 8.85. The van der Waals surface area contributed by atoms with Crippen molar-refractivity contribution in [2.45, 2.75) is 69.8 Å². The van der Waals surface area contributed by atoms with Crippen molar-refractivity contribution in [3.8, 4) is 28.0 Å². The number of hydrogen-bond donors (Lipinski definition) is 0. The first kappa shape index (κ1) is 40.8. The Labute approximate surface area is 400 Å². The van der Waals surface area contributed by atoms with Crippen molar-refractivity contribution in [3.05, 3.63) is 262 Å². The van der Waals surface area contributed by atoms with Gasteiger partial charge in [0.2, 0.25) is 0 Å². The van der Waals surface area contributed by atoms with Crippen LogP contribution >= 0.6 is 0 Å². The lowest BCUT2D eigenvalue weighted by Crippen LogP contribution is -2.30. The van der Waals surface area contributed by atoms with E-state index >= 15 is 0 Å². The monoisotopic (exact) mass is 874 g/mol. The van der Waals surface area contributed by atoms with Crippen LogP contribution in [0.15, 0.2) is 206 Å². The van der Waals surface area contributed by atoms with Crippen molar-refractivity contribution in [1.29, 1.82) is 0 Å². The van der Waals surface area contributed by atoms with Crippen LogP contribution in [-0.2, 0) is 16.2 Å². The Hall–Kier alpha value is -7.48. The van der Waals surface area contributed by atoms with Crippen molar-refractivity contribution in [2.75, 3.05) is 0 Å². The molecule has 0 fully saturated rings. The SMILES string of the molecule is CC(C)(C)c1ccc(C2(c3ccc(C(C)(C)C)cc3)c3cc(-c4cccc5ccccc45)c4ccccc4c3-c3ccc4c(c32)OC2C=C(c3cccc5ccccc35)c3ccccc3C42)cc1. The first-order valence-corrected chi connectivity index (χ1v) is 24.4. The molecule has 0 amide bonds. The molecule has 10 aromatic carbocycles. The predicted octanol–water partition coefficient (Wildman–Crippen LogP) is 17.1. The van der Waals surface area contributed by atoms with Crippen molar-refractivity contribution in [1.82, 2.24) is 0 Å². The summed E-state index contributed by atoms with van der Waals surface area (Å²) in [6.07, 6.45) is 2.24. The maximum atomic E-state index is 7.77. The summed E-state index contributed by atoms with van der Waals surface area (Å²) in [5, 5.41) is 7.50. The molecule has 0 N–H and O–H groups in total. The summed E-state index contributed by atoms with van der Waals surface area (Å²) < 4.78 is 7.77. The second kappa shape index (κ2) is 14.8. The maximum Gasteiger partial charge on any atom is 0.129 e. The van der Waals surface area contributed by atoms with Gasteiger partial charge in [0.25, 0.3) is 0 Å². The van der Waals surface area contributed by atoms with Gasteiger partial charge in [0.05, 0.1) is 11.3 Å². The van der Waals surface area contributed by atoms with Gasteiger partial charge in [-0.1, -0.05) is 236 Å². The molecule has 328 valence electrons. The van der Waals surface area contributed by atoms with E-state index in [1.807, 2.05) is 0 Å². The summed E-state index contributed by atoms with van der Waals surface area (Å²) in [7, 11) is 0. The summed E-state index contributed by atoms with van der Waals surface area (Å²) in [5.41, 5.74) is 18.2. The molecule has 0 saturated carbocycles. The summed E-state index contributed by atoms with van der Waals surface area (Å²) in [4.78, 5) is 0. The van der Waals surface area contributed by atoms with Crippen molar-refractivity contribution in [3.63, 3.8) is 0 Å². The normalized spacial score (nSPS) is 16.7. The average Bonchev–Trinajstić information content (AvgIpc) is 3.89.